The molecule has 0 saturated carbocycles. The molecule has 2 aromatic rings. The van der Waals surface area contributed by atoms with Gasteiger partial charge in [0, 0.05) is 25.0 Å². The van der Waals surface area contributed by atoms with Crippen molar-refractivity contribution < 1.29 is 0 Å². The van der Waals surface area contributed by atoms with E-state index in [2.05, 4.69) is 21.5 Å². The van der Waals surface area contributed by atoms with Crippen LogP contribution < -0.4 is 0 Å². The number of hydrogen-bond donors (Lipinski definition) is 0. The maximum atomic E-state index is 5.80. The van der Waals surface area contributed by atoms with E-state index >= 15 is 0 Å². The van der Waals surface area contributed by atoms with Crippen LogP contribution in [0.4, 0.5) is 0 Å². The summed E-state index contributed by atoms with van der Waals surface area (Å²) < 4.78 is 2.27. The fraction of sp³-hybridized carbons (Fsp3) is 0.500. The molecule has 2 heterocycles. The quantitative estimate of drug-likeness (QED) is 0.749. The van der Waals surface area contributed by atoms with Gasteiger partial charge < -0.3 is 4.57 Å². The molecule has 0 aliphatic heterocycles. The average molecular weight is 238 g/mol. The fourth-order valence-corrected chi connectivity index (χ4v) is 2.04. The molecule has 0 aromatic carbocycles. The highest BCUT2D eigenvalue weighted by Gasteiger charge is 2.09. The molecule has 2 rings (SSSR count). The Morgan fingerprint density at radius 1 is 1.44 bits per heavy atom. The number of pyridine rings is 1. The predicted molar refractivity (Wildman–Crippen MR) is 66.9 cm³/mol. The Kier molecular flexibility index (Phi) is 3.78. The smallest absolute Gasteiger partial charge is 0.111 e. The van der Waals surface area contributed by atoms with Gasteiger partial charge >= 0.3 is 0 Å². The van der Waals surface area contributed by atoms with Crippen LogP contribution in [0.1, 0.15) is 25.6 Å². The van der Waals surface area contributed by atoms with Gasteiger partial charge in [0.25, 0.3) is 0 Å². The summed E-state index contributed by atoms with van der Waals surface area (Å²) in [5, 5.41) is 0. The molecule has 2 aromatic heterocycles. The van der Waals surface area contributed by atoms with E-state index < -0.39 is 0 Å². The summed E-state index contributed by atoms with van der Waals surface area (Å²) in [5.41, 5.74) is 2.14. The van der Waals surface area contributed by atoms with Crippen LogP contribution in [0.25, 0.3) is 11.0 Å². The lowest BCUT2D eigenvalue weighted by Gasteiger charge is -2.06. The fourth-order valence-electron chi connectivity index (χ4n) is 1.87. The largest absolute Gasteiger partial charge is 0.328 e. The van der Waals surface area contributed by atoms with E-state index in [9.17, 15) is 0 Å². The zero-order valence-corrected chi connectivity index (χ0v) is 10.2. The Labute approximate surface area is 100 Å². The lowest BCUT2D eigenvalue weighted by Crippen LogP contribution is -2.04. The summed E-state index contributed by atoms with van der Waals surface area (Å²) >= 11 is 5.80. The van der Waals surface area contributed by atoms with Gasteiger partial charge in [0.2, 0.25) is 0 Å². The van der Waals surface area contributed by atoms with Crippen molar-refractivity contribution in [3.8, 4) is 0 Å². The van der Waals surface area contributed by atoms with E-state index in [1.807, 2.05) is 18.5 Å². The maximum Gasteiger partial charge on any atom is 0.111 e. The van der Waals surface area contributed by atoms with Gasteiger partial charge in [-0.25, -0.2) is 4.98 Å². The number of halogens is 1. The lowest BCUT2D eigenvalue weighted by atomic mass is 10.3. The summed E-state index contributed by atoms with van der Waals surface area (Å²) in [7, 11) is 0. The number of fused-ring (bicyclic) bond motifs is 1. The first-order valence-corrected chi connectivity index (χ1v) is 6.25. The van der Waals surface area contributed by atoms with Crippen molar-refractivity contribution in [1.29, 1.82) is 0 Å². The van der Waals surface area contributed by atoms with Crippen LogP contribution in [0.3, 0.4) is 0 Å². The van der Waals surface area contributed by atoms with Crippen molar-refractivity contribution in [2.24, 2.45) is 0 Å². The molecule has 16 heavy (non-hydrogen) atoms. The van der Waals surface area contributed by atoms with Crippen LogP contribution in [0.15, 0.2) is 18.5 Å². The van der Waals surface area contributed by atoms with E-state index in [0.717, 1.165) is 24.3 Å². The van der Waals surface area contributed by atoms with Gasteiger partial charge in [-0.15, -0.1) is 11.6 Å². The minimum atomic E-state index is 0.614. The highest BCUT2D eigenvalue weighted by Crippen LogP contribution is 2.16. The number of aromatic nitrogens is 3. The zero-order valence-electron chi connectivity index (χ0n) is 9.49. The molecule has 4 heteroatoms. The summed E-state index contributed by atoms with van der Waals surface area (Å²) in [6.45, 7) is 3.21. The first kappa shape index (κ1) is 11.4. The highest BCUT2D eigenvalue weighted by atomic mass is 35.5. The first-order chi connectivity index (χ1) is 7.86. The van der Waals surface area contributed by atoms with Gasteiger partial charge in [0.15, 0.2) is 0 Å². The summed E-state index contributed by atoms with van der Waals surface area (Å²) in [6.07, 6.45) is 6.81. The van der Waals surface area contributed by atoms with Crippen molar-refractivity contribution in [2.45, 2.75) is 32.7 Å². The molecular weight excluding hydrogens is 222 g/mol. The minimum Gasteiger partial charge on any atom is -0.328 e. The standard InChI is InChI=1S/C12H16ClN3/c1-2-3-8-16-11-5-7-14-9-10(11)15-12(16)4-6-13/h5,7,9H,2-4,6,8H2,1H3. The lowest BCUT2D eigenvalue weighted by molar-refractivity contribution is 0.620. The van der Waals surface area contributed by atoms with E-state index in [0.29, 0.717) is 5.88 Å². The normalized spacial score (nSPS) is 11.1. The van der Waals surface area contributed by atoms with Crippen molar-refractivity contribution in [3.05, 3.63) is 24.3 Å². The van der Waals surface area contributed by atoms with Crippen molar-refractivity contribution in [1.82, 2.24) is 14.5 Å². The SMILES string of the molecule is CCCCn1c(CCCl)nc2cnccc21. The maximum absolute atomic E-state index is 5.80. The molecule has 0 N–H and O–H groups in total. The monoisotopic (exact) mass is 237 g/mol. The molecule has 0 aliphatic carbocycles. The van der Waals surface area contributed by atoms with Crippen LogP contribution >= 0.6 is 11.6 Å². The second-order valence-corrected chi connectivity index (χ2v) is 4.21. The van der Waals surface area contributed by atoms with E-state index in [-0.39, 0.29) is 0 Å². The van der Waals surface area contributed by atoms with E-state index in [4.69, 9.17) is 11.6 Å². The third kappa shape index (κ3) is 2.19. The summed E-state index contributed by atoms with van der Waals surface area (Å²) in [4.78, 5) is 8.67. The molecule has 0 spiro atoms. The number of aryl methyl sites for hydroxylation is 2. The van der Waals surface area contributed by atoms with Crippen molar-refractivity contribution in [3.63, 3.8) is 0 Å². The number of nitrogens with zero attached hydrogens (tertiary/aromatic N) is 3. The van der Waals surface area contributed by atoms with Crippen LogP contribution in [0.5, 0.6) is 0 Å². The molecule has 0 fully saturated rings. The van der Waals surface area contributed by atoms with Gasteiger partial charge in [-0.3, -0.25) is 4.98 Å². The van der Waals surface area contributed by atoms with Crippen LogP contribution in [0, 0.1) is 0 Å². The molecule has 3 nitrogen and oxygen atoms in total. The molecular formula is C12H16ClN3. The molecule has 0 saturated heterocycles. The topological polar surface area (TPSA) is 30.7 Å². The van der Waals surface area contributed by atoms with Crippen molar-refractivity contribution >= 4 is 22.6 Å². The Morgan fingerprint density at radius 3 is 3.06 bits per heavy atom. The molecule has 86 valence electrons. The molecule has 0 unspecified atom stereocenters. The Morgan fingerprint density at radius 2 is 2.31 bits per heavy atom. The highest BCUT2D eigenvalue weighted by molar-refractivity contribution is 6.17. The molecule has 0 aliphatic rings. The van der Waals surface area contributed by atoms with E-state index in [1.54, 1.807) is 0 Å². The summed E-state index contributed by atoms with van der Waals surface area (Å²) in [6, 6.07) is 2.02. The van der Waals surface area contributed by atoms with Gasteiger partial charge in [0.1, 0.15) is 11.3 Å². The van der Waals surface area contributed by atoms with Crippen LogP contribution in [-0.2, 0) is 13.0 Å². The minimum absolute atomic E-state index is 0.614. The molecule has 0 bridgehead atoms. The van der Waals surface area contributed by atoms with Gasteiger partial charge in [0.05, 0.1) is 11.7 Å². The van der Waals surface area contributed by atoms with Crippen molar-refractivity contribution in [2.75, 3.05) is 5.88 Å². The van der Waals surface area contributed by atoms with Gasteiger partial charge in [-0.2, -0.15) is 0 Å². The van der Waals surface area contributed by atoms with Crippen LogP contribution in [-0.4, -0.2) is 20.4 Å². The van der Waals surface area contributed by atoms with Gasteiger partial charge in [-0.1, -0.05) is 13.3 Å². The molecule has 0 amide bonds. The second-order valence-electron chi connectivity index (χ2n) is 3.84. The number of unbranched alkanes of at least 4 members (excludes halogenated alkanes) is 1. The van der Waals surface area contributed by atoms with Crippen LogP contribution in [0.2, 0.25) is 0 Å². The first-order valence-electron chi connectivity index (χ1n) is 5.72. The molecule has 0 radical (unpaired) electrons. The third-order valence-electron chi connectivity index (χ3n) is 2.68. The Hall–Kier alpha value is -1.09. The zero-order chi connectivity index (χ0) is 11.4. The van der Waals surface area contributed by atoms with Gasteiger partial charge in [-0.05, 0) is 12.5 Å². The number of imidazole rings is 1. The Balaban J connectivity index is 2.42. The van der Waals surface area contributed by atoms with E-state index in [1.165, 1.54) is 18.4 Å². The predicted octanol–water partition coefficient (Wildman–Crippen LogP) is 3.01. The second kappa shape index (κ2) is 5.30. The number of hydrogen-bond acceptors (Lipinski definition) is 2. The average Bonchev–Trinajstić information content (AvgIpc) is 2.65. The summed E-state index contributed by atoms with van der Waals surface area (Å²) in [5.74, 6) is 1.69. The Bertz CT molecular complexity index is 464. The number of alkyl halides is 1. The number of rotatable bonds is 5. The third-order valence-corrected chi connectivity index (χ3v) is 2.87. The molecule has 0 atom stereocenters.